The smallest absolute Gasteiger partial charge is 0.163 e. The average Bonchev–Trinajstić information content (AvgIpc) is 3.15. The summed E-state index contributed by atoms with van der Waals surface area (Å²) >= 11 is 0. The zero-order valence-corrected chi connectivity index (χ0v) is 27.1. The van der Waals surface area contributed by atoms with Gasteiger partial charge in [0.05, 0.1) is 11.4 Å². The molecule has 0 saturated carbocycles. The third-order valence-corrected chi connectivity index (χ3v) is 9.26. The van der Waals surface area contributed by atoms with E-state index in [9.17, 15) is 0 Å². The van der Waals surface area contributed by atoms with Crippen LogP contribution in [-0.4, -0.2) is 19.9 Å². The summed E-state index contributed by atoms with van der Waals surface area (Å²) in [4.78, 5) is 22.5. The highest BCUT2D eigenvalue weighted by atomic mass is 15.2. The third kappa shape index (κ3) is 5.43. The molecule has 5 aromatic carbocycles. The van der Waals surface area contributed by atoms with Crippen LogP contribution < -0.4 is 4.90 Å². The first-order valence-corrected chi connectivity index (χ1v) is 16.5. The maximum atomic E-state index is 5.24. The lowest BCUT2D eigenvalue weighted by Gasteiger charge is -2.42. The predicted molar refractivity (Wildman–Crippen MR) is 195 cm³/mol. The minimum Gasteiger partial charge on any atom is -0.294 e. The summed E-state index contributed by atoms with van der Waals surface area (Å²) in [6.45, 7) is 4.62. The molecule has 0 unspecified atom stereocenters. The van der Waals surface area contributed by atoms with Crippen LogP contribution >= 0.6 is 0 Å². The van der Waals surface area contributed by atoms with Crippen LogP contribution in [0.3, 0.4) is 0 Å². The second-order valence-corrected chi connectivity index (χ2v) is 12.7. The lowest BCUT2D eigenvalue weighted by Crippen LogP contribution is -2.31. The van der Waals surface area contributed by atoms with E-state index in [1.807, 2.05) is 72.9 Å². The van der Waals surface area contributed by atoms with Crippen LogP contribution in [0.5, 0.6) is 0 Å². The normalized spacial score (nSPS) is 13.1. The molecule has 0 N–H and O–H groups in total. The van der Waals surface area contributed by atoms with Gasteiger partial charge in [0, 0.05) is 34.7 Å². The molecule has 1 aliphatic heterocycles. The summed E-state index contributed by atoms with van der Waals surface area (Å²) in [5, 5.41) is 0. The van der Waals surface area contributed by atoms with Gasteiger partial charge in [0.15, 0.2) is 11.6 Å². The Bertz CT molecular complexity index is 2110. The molecule has 0 amide bonds. The Hall–Kier alpha value is -5.94. The van der Waals surface area contributed by atoms with E-state index in [-0.39, 0.29) is 5.41 Å². The van der Waals surface area contributed by atoms with E-state index in [2.05, 4.69) is 97.6 Å². The van der Waals surface area contributed by atoms with E-state index in [0.717, 1.165) is 50.8 Å². The summed E-state index contributed by atoms with van der Waals surface area (Å²) in [6, 6.07) is 50.5. The SMILES string of the molecule is CC1(C)c2ccccc2N(c2ncc(-c3ccccc3)cc2CCc2nc(-c3ccccc3)nc(-c3ccccc3)n2)c2ccccc21. The van der Waals surface area contributed by atoms with Gasteiger partial charge in [0.25, 0.3) is 0 Å². The molecule has 0 spiro atoms. The Kier molecular flexibility index (Phi) is 7.58. The van der Waals surface area contributed by atoms with Crippen molar-refractivity contribution in [2.75, 3.05) is 4.90 Å². The van der Waals surface area contributed by atoms with E-state index in [1.165, 1.54) is 11.1 Å². The molecular formula is C43H35N5. The summed E-state index contributed by atoms with van der Waals surface area (Å²) < 4.78 is 0. The molecule has 0 radical (unpaired) electrons. The van der Waals surface area contributed by atoms with Crippen LogP contribution in [-0.2, 0) is 18.3 Å². The van der Waals surface area contributed by atoms with E-state index in [1.54, 1.807) is 0 Å². The van der Waals surface area contributed by atoms with Crippen LogP contribution in [0.2, 0.25) is 0 Å². The molecule has 1 aliphatic rings. The molecule has 0 atom stereocenters. The van der Waals surface area contributed by atoms with E-state index < -0.39 is 0 Å². The minimum atomic E-state index is -0.152. The molecule has 3 heterocycles. The molecule has 2 aromatic heterocycles. The van der Waals surface area contributed by atoms with E-state index in [0.29, 0.717) is 24.5 Å². The Balaban J connectivity index is 1.26. The fraction of sp³-hybridized carbons (Fsp3) is 0.116. The first-order chi connectivity index (χ1) is 23.6. The molecule has 48 heavy (non-hydrogen) atoms. The highest BCUT2D eigenvalue weighted by molar-refractivity contribution is 5.86. The number of benzene rings is 5. The van der Waals surface area contributed by atoms with Crippen LogP contribution in [0.15, 0.2) is 152 Å². The molecule has 5 nitrogen and oxygen atoms in total. The molecule has 0 saturated heterocycles. The molecule has 232 valence electrons. The van der Waals surface area contributed by atoms with Gasteiger partial charge < -0.3 is 0 Å². The number of rotatable bonds is 7. The lowest BCUT2D eigenvalue weighted by atomic mass is 9.73. The highest BCUT2D eigenvalue weighted by Crippen LogP contribution is 2.52. The van der Waals surface area contributed by atoms with Gasteiger partial charge in [0.2, 0.25) is 0 Å². The molecule has 0 bridgehead atoms. The van der Waals surface area contributed by atoms with Gasteiger partial charge in [-0.3, -0.25) is 4.90 Å². The zero-order valence-electron chi connectivity index (χ0n) is 27.1. The number of anilines is 3. The summed E-state index contributed by atoms with van der Waals surface area (Å²) in [6.07, 6.45) is 3.32. The number of para-hydroxylation sites is 2. The maximum Gasteiger partial charge on any atom is 0.163 e. The Labute approximate surface area is 281 Å². The van der Waals surface area contributed by atoms with Crippen molar-refractivity contribution < 1.29 is 0 Å². The van der Waals surface area contributed by atoms with Crippen molar-refractivity contribution in [3.63, 3.8) is 0 Å². The summed E-state index contributed by atoms with van der Waals surface area (Å²) in [7, 11) is 0. The molecule has 7 aromatic rings. The number of aryl methyl sites for hydroxylation is 2. The summed E-state index contributed by atoms with van der Waals surface area (Å²) in [5.41, 5.74) is 9.99. The fourth-order valence-corrected chi connectivity index (χ4v) is 6.78. The lowest BCUT2D eigenvalue weighted by molar-refractivity contribution is 0.631. The first-order valence-electron chi connectivity index (χ1n) is 16.5. The number of nitrogens with zero attached hydrogens (tertiary/aromatic N) is 5. The third-order valence-electron chi connectivity index (χ3n) is 9.26. The molecule has 0 aliphatic carbocycles. The summed E-state index contributed by atoms with van der Waals surface area (Å²) in [5.74, 6) is 3.03. The van der Waals surface area contributed by atoms with Crippen LogP contribution in [0.1, 0.15) is 36.4 Å². The number of aromatic nitrogens is 4. The number of pyridine rings is 1. The van der Waals surface area contributed by atoms with Crippen molar-refractivity contribution in [1.82, 2.24) is 19.9 Å². The van der Waals surface area contributed by atoms with Crippen molar-refractivity contribution in [1.29, 1.82) is 0 Å². The Morgan fingerprint density at radius 1 is 0.500 bits per heavy atom. The monoisotopic (exact) mass is 621 g/mol. The highest BCUT2D eigenvalue weighted by Gasteiger charge is 2.37. The number of hydrogen-bond donors (Lipinski definition) is 0. The van der Waals surface area contributed by atoms with Gasteiger partial charge >= 0.3 is 0 Å². The topological polar surface area (TPSA) is 54.8 Å². The Morgan fingerprint density at radius 2 is 0.979 bits per heavy atom. The largest absolute Gasteiger partial charge is 0.294 e. The van der Waals surface area contributed by atoms with Crippen molar-refractivity contribution in [2.24, 2.45) is 0 Å². The quantitative estimate of drug-likeness (QED) is 0.177. The Morgan fingerprint density at radius 3 is 1.52 bits per heavy atom. The van der Waals surface area contributed by atoms with E-state index >= 15 is 0 Å². The molecule has 8 rings (SSSR count). The number of hydrogen-bond acceptors (Lipinski definition) is 5. The van der Waals surface area contributed by atoms with E-state index in [4.69, 9.17) is 19.9 Å². The second kappa shape index (κ2) is 12.3. The van der Waals surface area contributed by atoms with Gasteiger partial charge in [-0.1, -0.05) is 141 Å². The molecule has 0 fully saturated rings. The standard InChI is InChI=1S/C43H35N5/c1-43(2)35-22-12-14-24-37(35)48(38-25-15-13-23-36(38)43)42-33(28-34(29-44-42)30-16-6-3-7-17-30)26-27-39-45-40(31-18-8-4-9-19-31)47-41(46-39)32-20-10-5-11-21-32/h3-25,28-29H,26-27H2,1-2H3. The van der Waals surface area contributed by atoms with Crippen LogP contribution in [0.25, 0.3) is 33.9 Å². The zero-order chi connectivity index (χ0) is 32.5. The molecular weight excluding hydrogens is 587 g/mol. The second-order valence-electron chi connectivity index (χ2n) is 12.7. The van der Waals surface area contributed by atoms with Gasteiger partial charge in [-0.05, 0) is 46.9 Å². The van der Waals surface area contributed by atoms with Crippen molar-refractivity contribution >= 4 is 17.2 Å². The van der Waals surface area contributed by atoms with Crippen LogP contribution in [0, 0.1) is 0 Å². The van der Waals surface area contributed by atoms with Gasteiger partial charge in [-0.15, -0.1) is 0 Å². The van der Waals surface area contributed by atoms with Gasteiger partial charge in [-0.2, -0.15) is 0 Å². The predicted octanol–water partition coefficient (Wildman–Crippen LogP) is 10.2. The number of fused-ring (bicyclic) bond motifs is 2. The van der Waals surface area contributed by atoms with Crippen LogP contribution in [0.4, 0.5) is 17.2 Å². The van der Waals surface area contributed by atoms with Gasteiger partial charge in [0.1, 0.15) is 11.6 Å². The van der Waals surface area contributed by atoms with Crippen molar-refractivity contribution in [3.05, 3.63) is 174 Å². The average molecular weight is 622 g/mol. The maximum absolute atomic E-state index is 5.24. The van der Waals surface area contributed by atoms with Crippen molar-refractivity contribution in [2.45, 2.75) is 32.1 Å². The molecule has 5 heteroatoms. The fourth-order valence-electron chi connectivity index (χ4n) is 6.78. The first kappa shape index (κ1) is 29.5. The van der Waals surface area contributed by atoms with Crippen molar-refractivity contribution in [3.8, 4) is 33.9 Å². The minimum absolute atomic E-state index is 0.152. The van der Waals surface area contributed by atoms with Gasteiger partial charge in [-0.25, -0.2) is 19.9 Å².